The normalized spacial score (nSPS) is 20.9. The van der Waals surface area contributed by atoms with E-state index in [2.05, 4.69) is 20.6 Å². The fourth-order valence-corrected chi connectivity index (χ4v) is 4.66. The Bertz CT molecular complexity index is 1280. The number of rotatable bonds is 7. The lowest BCUT2D eigenvalue weighted by Gasteiger charge is -2.36. The molecule has 0 spiro atoms. The second kappa shape index (κ2) is 10.3. The zero-order valence-corrected chi connectivity index (χ0v) is 19.7. The number of pyridine rings is 2. The molecule has 3 N–H and O–H groups in total. The van der Waals surface area contributed by atoms with Crippen molar-refractivity contribution in [3.05, 3.63) is 53.6 Å². The van der Waals surface area contributed by atoms with Crippen LogP contribution in [-0.2, 0) is 11.3 Å². The summed E-state index contributed by atoms with van der Waals surface area (Å²) in [5.74, 6) is 0.421. The molecule has 4 heterocycles. The molecule has 1 aromatic carbocycles. The molecule has 1 saturated heterocycles. The van der Waals surface area contributed by atoms with Crippen molar-refractivity contribution in [2.24, 2.45) is 0 Å². The van der Waals surface area contributed by atoms with Gasteiger partial charge in [-0.15, -0.1) is 0 Å². The summed E-state index contributed by atoms with van der Waals surface area (Å²) < 4.78 is 39.9. The Balaban J connectivity index is 1.19. The molecule has 0 radical (unpaired) electrons. The molecular weight excluding hydrogens is 472 g/mol. The molecule has 3 aromatic rings. The van der Waals surface area contributed by atoms with Crippen LogP contribution >= 0.6 is 0 Å². The summed E-state index contributed by atoms with van der Waals surface area (Å²) in [6.07, 6.45) is -0.108. The van der Waals surface area contributed by atoms with Gasteiger partial charge >= 0.3 is 0 Å². The molecule has 1 amide bonds. The molecule has 2 aliphatic heterocycles. The first-order chi connectivity index (χ1) is 17.4. The molecule has 5 rings (SSSR count). The van der Waals surface area contributed by atoms with Crippen molar-refractivity contribution in [1.82, 2.24) is 20.2 Å². The minimum Gasteiger partial charge on any atom is -0.497 e. The van der Waals surface area contributed by atoms with Gasteiger partial charge in [0.15, 0.2) is 24.0 Å². The van der Waals surface area contributed by atoms with E-state index in [9.17, 15) is 14.3 Å². The van der Waals surface area contributed by atoms with Gasteiger partial charge in [-0.05, 0) is 42.8 Å². The Morgan fingerprint density at radius 1 is 1.36 bits per heavy atom. The van der Waals surface area contributed by atoms with Crippen LogP contribution < -0.4 is 20.1 Å². The van der Waals surface area contributed by atoms with Gasteiger partial charge in [-0.3, -0.25) is 14.7 Å². The predicted molar refractivity (Wildman–Crippen MR) is 128 cm³/mol. The van der Waals surface area contributed by atoms with Crippen LogP contribution in [0.25, 0.3) is 10.9 Å². The van der Waals surface area contributed by atoms with Gasteiger partial charge in [0.05, 0.1) is 18.9 Å². The van der Waals surface area contributed by atoms with Gasteiger partial charge in [0, 0.05) is 43.3 Å². The first-order valence-corrected chi connectivity index (χ1v) is 11.7. The van der Waals surface area contributed by atoms with E-state index in [4.69, 9.17) is 9.47 Å². The topological polar surface area (TPSA) is 109 Å². The third-order valence-electron chi connectivity index (χ3n) is 6.53. The zero-order chi connectivity index (χ0) is 25.2. The second-order valence-electron chi connectivity index (χ2n) is 8.96. The minimum atomic E-state index is -1.15. The van der Waals surface area contributed by atoms with Gasteiger partial charge in [-0.2, -0.15) is 0 Å². The van der Waals surface area contributed by atoms with Crippen molar-refractivity contribution >= 4 is 22.6 Å². The number of anilines is 1. The molecule has 2 aromatic heterocycles. The summed E-state index contributed by atoms with van der Waals surface area (Å²) in [5, 5.41) is 17.3. The van der Waals surface area contributed by atoms with E-state index in [-0.39, 0.29) is 37.2 Å². The number of aliphatic hydroxyl groups is 1. The summed E-state index contributed by atoms with van der Waals surface area (Å²) in [6, 6.07) is 7.68. The van der Waals surface area contributed by atoms with E-state index in [1.165, 1.54) is 19.4 Å². The predicted octanol–water partition coefficient (Wildman–Crippen LogP) is 2.34. The number of likely N-dealkylation sites (tertiary alicyclic amines) is 1. The number of carbonyl (C=O) groups excluding carboxylic acids is 1. The number of benzene rings is 1. The molecule has 36 heavy (non-hydrogen) atoms. The van der Waals surface area contributed by atoms with Crippen molar-refractivity contribution in [3.8, 4) is 11.5 Å². The van der Waals surface area contributed by atoms with E-state index in [1.54, 1.807) is 24.3 Å². The Morgan fingerprint density at radius 2 is 2.22 bits per heavy atom. The highest BCUT2D eigenvalue weighted by Gasteiger charge is 2.30. The minimum absolute atomic E-state index is 0.0362. The van der Waals surface area contributed by atoms with Gasteiger partial charge in [-0.1, -0.05) is 0 Å². The lowest BCUT2D eigenvalue weighted by Crippen LogP contribution is -2.51. The van der Waals surface area contributed by atoms with Crippen LogP contribution in [0.4, 0.5) is 14.6 Å². The average Bonchev–Trinajstić information content (AvgIpc) is 2.87. The highest BCUT2D eigenvalue weighted by atomic mass is 19.1. The number of piperidine rings is 1. The summed E-state index contributed by atoms with van der Waals surface area (Å²) in [7, 11) is 1.44. The summed E-state index contributed by atoms with van der Waals surface area (Å²) in [5.41, 5.74) is 1.33. The van der Waals surface area contributed by atoms with Crippen LogP contribution in [0.1, 0.15) is 23.8 Å². The molecule has 0 aliphatic carbocycles. The zero-order valence-electron chi connectivity index (χ0n) is 19.7. The monoisotopic (exact) mass is 499 g/mol. The van der Waals surface area contributed by atoms with Crippen molar-refractivity contribution in [1.29, 1.82) is 0 Å². The quantitative estimate of drug-likeness (QED) is 0.455. The van der Waals surface area contributed by atoms with Gasteiger partial charge in [0.2, 0.25) is 0 Å². The summed E-state index contributed by atoms with van der Waals surface area (Å²) in [4.78, 5) is 21.8. The highest BCUT2D eigenvalue weighted by molar-refractivity contribution is 5.94. The lowest BCUT2D eigenvalue weighted by atomic mass is 10.00. The number of halogens is 2. The van der Waals surface area contributed by atoms with Crippen LogP contribution in [0.15, 0.2) is 36.5 Å². The van der Waals surface area contributed by atoms with Crippen LogP contribution in [0.2, 0.25) is 0 Å². The molecule has 3 atom stereocenters. The number of aliphatic hydroxyl groups excluding tert-OH is 1. The SMILES string of the molecule is COc1cc(F)c2nccc([C@@H](O)CN3CC[C@H](NCc4ccc5c(n4)NC(=O)CO5)[C@H](F)C3)c2c1. The molecule has 11 heteroatoms. The third kappa shape index (κ3) is 5.08. The Morgan fingerprint density at radius 3 is 3.03 bits per heavy atom. The summed E-state index contributed by atoms with van der Waals surface area (Å²) in [6.45, 7) is 1.24. The lowest BCUT2D eigenvalue weighted by molar-refractivity contribution is -0.118. The number of alkyl halides is 1. The van der Waals surface area contributed by atoms with Crippen molar-refractivity contribution in [3.63, 3.8) is 0 Å². The number of methoxy groups -OCH3 is 1. The van der Waals surface area contributed by atoms with E-state index in [0.717, 1.165) is 0 Å². The number of carbonyl (C=O) groups is 1. The van der Waals surface area contributed by atoms with Crippen LogP contribution in [0, 0.1) is 5.82 Å². The molecule has 2 aliphatic rings. The Labute approximate surface area is 206 Å². The maximum absolute atomic E-state index is 15.0. The van der Waals surface area contributed by atoms with Crippen molar-refractivity contribution < 1.29 is 28.2 Å². The number of amides is 1. The average molecular weight is 500 g/mol. The first kappa shape index (κ1) is 24.3. The first-order valence-electron chi connectivity index (χ1n) is 11.7. The molecule has 9 nitrogen and oxygen atoms in total. The number of fused-ring (bicyclic) bond motifs is 2. The standard InChI is InChI=1S/C25H27F2N5O4/c1-35-15-8-17-16(4-6-28-24(17)18(26)9-15)21(33)12-32-7-5-20(19(27)11-32)29-10-14-2-3-22-25(30-14)31-23(34)13-36-22/h2-4,6,8-9,19-21,29,33H,5,7,10-13H2,1H3,(H,30,31,34)/t19-,20+,21+/m1/s1. The summed E-state index contributed by atoms with van der Waals surface area (Å²) >= 11 is 0. The fraction of sp³-hybridized carbons (Fsp3) is 0.400. The largest absolute Gasteiger partial charge is 0.497 e. The fourth-order valence-electron chi connectivity index (χ4n) is 4.66. The highest BCUT2D eigenvalue weighted by Crippen LogP contribution is 2.30. The Kier molecular flexibility index (Phi) is 6.95. The van der Waals surface area contributed by atoms with E-state index >= 15 is 4.39 Å². The number of ether oxygens (including phenoxy) is 2. The molecule has 1 fully saturated rings. The number of β-amino-alcohol motifs (C(OH)–C–C–N with tert-alkyl or cyclic N) is 1. The Hall–Kier alpha value is -3.41. The van der Waals surface area contributed by atoms with Gasteiger partial charge in [0.25, 0.3) is 5.91 Å². The number of hydrogen-bond acceptors (Lipinski definition) is 8. The smallest absolute Gasteiger partial charge is 0.263 e. The number of aromatic nitrogens is 2. The number of nitrogens with zero attached hydrogens (tertiary/aromatic N) is 3. The molecular formula is C25H27F2N5O4. The van der Waals surface area contributed by atoms with Crippen LogP contribution in [0.3, 0.4) is 0 Å². The molecule has 0 bridgehead atoms. The van der Waals surface area contributed by atoms with E-state index < -0.39 is 18.1 Å². The number of nitrogens with one attached hydrogen (secondary N) is 2. The van der Waals surface area contributed by atoms with Gasteiger partial charge < -0.3 is 25.2 Å². The van der Waals surface area contributed by atoms with Gasteiger partial charge in [-0.25, -0.2) is 13.8 Å². The van der Waals surface area contributed by atoms with Crippen molar-refractivity contribution in [2.75, 3.05) is 38.7 Å². The number of hydrogen-bond donors (Lipinski definition) is 3. The van der Waals surface area contributed by atoms with E-state index in [0.29, 0.717) is 53.5 Å². The van der Waals surface area contributed by atoms with Gasteiger partial charge in [0.1, 0.15) is 17.4 Å². The van der Waals surface area contributed by atoms with Crippen LogP contribution in [-0.4, -0.2) is 71.4 Å². The molecule has 0 saturated carbocycles. The van der Waals surface area contributed by atoms with E-state index in [1.807, 2.05) is 4.90 Å². The van der Waals surface area contributed by atoms with Crippen LogP contribution in [0.5, 0.6) is 11.5 Å². The maximum atomic E-state index is 15.0. The third-order valence-corrected chi connectivity index (χ3v) is 6.53. The maximum Gasteiger partial charge on any atom is 0.263 e. The molecule has 190 valence electrons. The second-order valence-corrected chi connectivity index (χ2v) is 8.96. The molecule has 0 unspecified atom stereocenters. The van der Waals surface area contributed by atoms with Crippen molar-refractivity contribution in [2.45, 2.75) is 31.3 Å².